The Morgan fingerprint density at radius 3 is 2.35 bits per heavy atom. The second-order valence-electron chi connectivity index (χ2n) is 7.31. The third kappa shape index (κ3) is 3.85. The molecule has 0 unspecified atom stereocenters. The van der Waals surface area contributed by atoms with E-state index >= 15 is 0 Å². The smallest absolute Gasteiger partial charge is 0.279 e. The Labute approximate surface area is 196 Å². The van der Waals surface area contributed by atoms with Crippen molar-refractivity contribution in [2.75, 3.05) is 0 Å². The molecule has 8 nitrogen and oxygen atoms in total. The van der Waals surface area contributed by atoms with Crippen molar-refractivity contribution in [3.63, 3.8) is 0 Å². The van der Waals surface area contributed by atoms with E-state index in [0.717, 1.165) is 11.3 Å². The molecule has 3 aromatic carbocycles. The van der Waals surface area contributed by atoms with Crippen LogP contribution < -0.4 is 20.5 Å². The second-order valence-corrected chi connectivity index (χ2v) is 9.85. The summed E-state index contributed by atoms with van der Waals surface area (Å²) in [6.07, 6.45) is 0. The molecule has 34 heavy (non-hydrogen) atoms. The molecule has 0 aliphatic carbocycles. The topological polar surface area (TPSA) is 127 Å². The summed E-state index contributed by atoms with van der Waals surface area (Å²) in [5.41, 5.74) is 1.03. The number of halogens is 1. The number of sulfonamides is 1. The number of carbonyl (C=O) groups excluding carboxylic acids is 1. The zero-order chi connectivity index (χ0) is 24.0. The van der Waals surface area contributed by atoms with Crippen LogP contribution in [0.2, 0.25) is 0 Å². The summed E-state index contributed by atoms with van der Waals surface area (Å²) in [5, 5.41) is 17.4. The van der Waals surface area contributed by atoms with E-state index < -0.39 is 21.7 Å². The largest absolute Gasteiger partial charge is 0.493 e. The van der Waals surface area contributed by atoms with Crippen molar-refractivity contribution >= 4 is 38.5 Å². The van der Waals surface area contributed by atoms with Gasteiger partial charge in [-0.15, -0.1) is 0 Å². The quantitative estimate of drug-likeness (QED) is 0.447. The van der Waals surface area contributed by atoms with Gasteiger partial charge in [-0.3, -0.25) is 9.36 Å². The van der Waals surface area contributed by atoms with Crippen LogP contribution in [-0.2, 0) is 14.8 Å². The number of hydrogen-bond donors (Lipinski definition) is 2. The van der Waals surface area contributed by atoms with Gasteiger partial charge in [0.15, 0.2) is 4.80 Å². The van der Waals surface area contributed by atoms with E-state index in [9.17, 15) is 22.7 Å². The summed E-state index contributed by atoms with van der Waals surface area (Å²) in [5.74, 6) is -1.20. The molecule has 0 saturated heterocycles. The zero-order valence-corrected chi connectivity index (χ0v) is 18.8. The summed E-state index contributed by atoms with van der Waals surface area (Å²) in [4.78, 5) is 21.7. The lowest BCUT2D eigenvalue weighted by Crippen LogP contribution is -2.22. The lowest BCUT2D eigenvalue weighted by Gasteiger charge is -2.06. The molecule has 5 rings (SSSR count). The van der Waals surface area contributed by atoms with Crippen LogP contribution in [0, 0.1) is 5.82 Å². The molecule has 170 valence electrons. The minimum Gasteiger partial charge on any atom is -0.493 e. The highest BCUT2D eigenvalue weighted by atomic mass is 32.2. The van der Waals surface area contributed by atoms with Crippen LogP contribution in [0.5, 0.6) is 5.88 Å². The van der Waals surface area contributed by atoms with Crippen LogP contribution in [0.1, 0.15) is 4.88 Å². The maximum absolute atomic E-state index is 13.5. The fourth-order valence-corrected chi connectivity index (χ4v) is 5.15. The number of nitrogens with two attached hydrogens (primary N) is 1. The van der Waals surface area contributed by atoms with Crippen LogP contribution in [0.3, 0.4) is 0 Å². The van der Waals surface area contributed by atoms with Crippen molar-refractivity contribution in [3.8, 4) is 11.6 Å². The number of rotatable bonds is 4. The number of primary sulfonamides is 1. The molecule has 2 heterocycles. The SMILES string of the molecule is NS(=O)(=O)c1ccc(N=c2sc(C3=c4ccccc4=NC3=O)c(O)n2-c2ccc(F)cc2)cc1. The molecular formula is C23H15FN4O4S2. The van der Waals surface area contributed by atoms with Crippen molar-refractivity contribution in [2.24, 2.45) is 15.1 Å². The van der Waals surface area contributed by atoms with E-state index in [4.69, 9.17) is 5.14 Å². The molecule has 0 bridgehead atoms. The van der Waals surface area contributed by atoms with Gasteiger partial charge in [-0.2, -0.15) is 0 Å². The summed E-state index contributed by atoms with van der Waals surface area (Å²) in [6, 6.07) is 17.9. The molecule has 1 aromatic heterocycles. The van der Waals surface area contributed by atoms with Gasteiger partial charge in [0.25, 0.3) is 5.91 Å². The Morgan fingerprint density at radius 1 is 1.00 bits per heavy atom. The normalized spacial score (nSPS) is 13.8. The van der Waals surface area contributed by atoms with Crippen LogP contribution >= 0.6 is 11.3 Å². The maximum atomic E-state index is 13.5. The summed E-state index contributed by atoms with van der Waals surface area (Å²) in [6.45, 7) is 0. The zero-order valence-electron chi connectivity index (χ0n) is 17.2. The lowest BCUT2D eigenvalue weighted by atomic mass is 10.1. The van der Waals surface area contributed by atoms with Gasteiger partial charge >= 0.3 is 0 Å². The molecule has 1 aliphatic rings. The van der Waals surface area contributed by atoms with Crippen molar-refractivity contribution in [2.45, 2.75) is 4.90 Å². The standard InChI is InChI=1S/C23H15FN4O4S2/c24-13-5-9-15(10-6-13)28-22(30)20(19-17-3-1-2-4-18(17)27-21(19)29)33-23(28)26-14-7-11-16(12-8-14)34(25,31)32/h1-12,30H,(H2,25,31,32). The van der Waals surface area contributed by atoms with E-state index in [2.05, 4.69) is 9.98 Å². The molecule has 1 amide bonds. The van der Waals surface area contributed by atoms with Gasteiger partial charge in [0.1, 0.15) is 10.7 Å². The van der Waals surface area contributed by atoms with Crippen molar-refractivity contribution in [1.82, 2.24) is 4.57 Å². The van der Waals surface area contributed by atoms with Gasteiger partial charge in [0.2, 0.25) is 15.9 Å². The molecule has 1 aliphatic heterocycles. The van der Waals surface area contributed by atoms with E-state index in [1.165, 1.54) is 53.1 Å². The van der Waals surface area contributed by atoms with Crippen LogP contribution in [0.4, 0.5) is 10.1 Å². The highest BCUT2D eigenvalue weighted by Gasteiger charge is 2.26. The average Bonchev–Trinajstić information content (AvgIpc) is 3.29. The lowest BCUT2D eigenvalue weighted by molar-refractivity contribution is -0.112. The first kappa shape index (κ1) is 21.9. The fraction of sp³-hybridized carbons (Fsp3) is 0. The summed E-state index contributed by atoms with van der Waals surface area (Å²) < 4.78 is 38.0. The number of thiazole rings is 1. The minimum absolute atomic E-state index is 0.0714. The van der Waals surface area contributed by atoms with Gasteiger partial charge in [-0.25, -0.2) is 27.9 Å². The van der Waals surface area contributed by atoms with Gasteiger partial charge in [0.05, 0.1) is 27.2 Å². The van der Waals surface area contributed by atoms with E-state index in [-0.39, 0.29) is 26.0 Å². The number of hydrogen-bond acceptors (Lipinski definition) is 6. The van der Waals surface area contributed by atoms with Gasteiger partial charge in [-0.1, -0.05) is 29.5 Å². The third-order valence-electron chi connectivity index (χ3n) is 5.11. The van der Waals surface area contributed by atoms with Crippen molar-refractivity contribution < 1.29 is 22.7 Å². The molecular weight excluding hydrogens is 479 g/mol. The Hall–Kier alpha value is -3.93. The highest BCUT2D eigenvalue weighted by molar-refractivity contribution is 7.89. The average molecular weight is 495 g/mol. The Bertz CT molecular complexity index is 1760. The molecule has 0 spiro atoms. The first-order chi connectivity index (χ1) is 16.2. The number of nitrogens with zero attached hydrogens (tertiary/aromatic N) is 3. The van der Waals surface area contributed by atoms with E-state index in [1.807, 2.05) is 0 Å². The van der Waals surface area contributed by atoms with Crippen molar-refractivity contribution in [3.05, 3.63) is 98.9 Å². The fourth-order valence-electron chi connectivity index (χ4n) is 3.54. The molecule has 11 heteroatoms. The van der Waals surface area contributed by atoms with Gasteiger partial charge in [0, 0.05) is 5.22 Å². The monoisotopic (exact) mass is 494 g/mol. The van der Waals surface area contributed by atoms with Crippen LogP contribution in [0.25, 0.3) is 11.3 Å². The highest BCUT2D eigenvalue weighted by Crippen LogP contribution is 2.31. The number of aromatic nitrogens is 1. The maximum Gasteiger partial charge on any atom is 0.279 e. The first-order valence-corrected chi connectivity index (χ1v) is 12.2. The van der Waals surface area contributed by atoms with E-state index in [0.29, 0.717) is 22.0 Å². The van der Waals surface area contributed by atoms with Crippen molar-refractivity contribution in [1.29, 1.82) is 0 Å². The van der Waals surface area contributed by atoms with Crippen LogP contribution in [-0.4, -0.2) is 24.0 Å². The molecule has 0 fully saturated rings. The number of aromatic hydroxyl groups is 1. The molecule has 4 aromatic rings. The molecule has 3 N–H and O–H groups in total. The molecule has 0 atom stereocenters. The minimum atomic E-state index is -3.87. The summed E-state index contributed by atoms with van der Waals surface area (Å²) >= 11 is 1.05. The summed E-state index contributed by atoms with van der Waals surface area (Å²) in [7, 11) is -3.87. The molecule has 0 saturated carbocycles. The Morgan fingerprint density at radius 2 is 1.68 bits per heavy atom. The number of benzene rings is 3. The first-order valence-electron chi connectivity index (χ1n) is 9.83. The predicted molar refractivity (Wildman–Crippen MR) is 123 cm³/mol. The second kappa shape index (κ2) is 8.13. The third-order valence-corrected chi connectivity index (χ3v) is 7.09. The molecule has 0 radical (unpaired) electrons. The predicted octanol–water partition coefficient (Wildman–Crippen LogP) is 1.62. The van der Waals surface area contributed by atoms with Gasteiger partial charge in [-0.05, 0) is 54.6 Å². The Kier molecular flexibility index (Phi) is 5.24. The Balaban J connectivity index is 1.77. The van der Waals surface area contributed by atoms with Crippen LogP contribution in [0.15, 0.2) is 87.7 Å². The number of carbonyl (C=O) groups is 1. The number of para-hydroxylation sites is 1. The van der Waals surface area contributed by atoms with E-state index in [1.54, 1.807) is 24.3 Å². The number of amides is 1. The van der Waals surface area contributed by atoms with Gasteiger partial charge < -0.3 is 5.11 Å². The number of fused-ring (bicyclic) bond motifs is 1.